The molecule has 0 radical (unpaired) electrons. The number of aromatic nitrogens is 3. The molecular weight excluding hydrogens is 182 g/mol. The summed E-state index contributed by atoms with van der Waals surface area (Å²) in [4.78, 5) is 0.979. The molecule has 3 nitrogen and oxygen atoms in total. The predicted octanol–water partition coefficient (Wildman–Crippen LogP) is 1.87. The summed E-state index contributed by atoms with van der Waals surface area (Å²) < 4.78 is 1.93. The Morgan fingerprint density at radius 3 is 2.85 bits per heavy atom. The molecule has 0 amide bonds. The van der Waals surface area contributed by atoms with Crippen LogP contribution in [0.3, 0.4) is 0 Å². The van der Waals surface area contributed by atoms with E-state index in [1.165, 1.54) is 0 Å². The molecule has 4 heteroatoms. The van der Waals surface area contributed by atoms with Crippen LogP contribution in [0.15, 0.2) is 6.20 Å². The highest BCUT2D eigenvalue weighted by atomic mass is 32.1. The van der Waals surface area contributed by atoms with E-state index in [9.17, 15) is 0 Å². The minimum Gasteiger partial charge on any atom is -0.249 e. The number of hydrogen-bond acceptors (Lipinski definition) is 3. The molecule has 1 heterocycles. The fourth-order valence-corrected chi connectivity index (χ4v) is 1.32. The van der Waals surface area contributed by atoms with Crippen molar-refractivity contribution in [3.05, 3.63) is 11.9 Å². The van der Waals surface area contributed by atoms with E-state index in [1.807, 2.05) is 11.6 Å². The molecule has 0 aromatic carbocycles. The first-order valence-electron chi connectivity index (χ1n) is 4.46. The van der Waals surface area contributed by atoms with Gasteiger partial charge in [0.25, 0.3) is 0 Å². The van der Waals surface area contributed by atoms with Crippen LogP contribution in [0.1, 0.15) is 26.5 Å². The third-order valence-electron chi connectivity index (χ3n) is 1.67. The number of nitrogens with zero attached hydrogens (tertiary/aromatic N) is 3. The summed E-state index contributed by atoms with van der Waals surface area (Å²) in [5.74, 6) is 0.589. The number of hydrogen-bond donors (Lipinski definition) is 0. The molecule has 1 aromatic rings. The summed E-state index contributed by atoms with van der Waals surface area (Å²) in [7, 11) is 0. The molecule has 0 aliphatic heterocycles. The Hall–Kier alpha value is -0.770. The van der Waals surface area contributed by atoms with Gasteiger partial charge in [-0.05, 0) is 17.7 Å². The monoisotopic (exact) mass is 197 g/mol. The van der Waals surface area contributed by atoms with E-state index in [2.05, 4.69) is 24.2 Å². The summed E-state index contributed by atoms with van der Waals surface area (Å²) in [6.45, 7) is 7.19. The van der Waals surface area contributed by atoms with Gasteiger partial charge in [0.15, 0.2) is 0 Å². The first-order chi connectivity index (χ1) is 6.09. The second-order valence-electron chi connectivity index (χ2n) is 3.68. The van der Waals surface area contributed by atoms with Gasteiger partial charge in [0.1, 0.15) is 0 Å². The van der Waals surface area contributed by atoms with Crippen LogP contribution in [0.25, 0.3) is 0 Å². The smallest absolute Gasteiger partial charge is 0.0728 e. The Bertz CT molecular complexity index is 291. The molecular formula is C9H15N3S. The lowest BCUT2D eigenvalue weighted by atomic mass is 10.2. The Balaban J connectivity index is 2.71. The maximum atomic E-state index is 5.05. The molecule has 0 aliphatic rings. The Labute approximate surface area is 84.1 Å². The van der Waals surface area contributed by atoms with Crippen LogP contribution in [-0.4, -0.2) is 19.9 Å². The molecule has 1 aromatic heterocycles. The van der Waals surface area contributed by atoms with Crippen molar-refractivity contribution in [2.24, 2.45) is 5.92 Å². The lowest BCUT2D eigenvalue weighted by Crippen LogP contribution is -2.11. The van der Waals surface area contributed by atoms with Gasteiger partial charge < -0.3 is 0 Å². The molecule has 72 valence electrons. The van der Waals surface area contributed by atoms with E-state index in [1.54, 1.807) is 6.20 Å². The van der Waals surface area contributed by atoms with E-state index in [4.69, 9.17) is 12.2 Å². The second-order valence-corrected chi connectivity index (χ2v) is 4.38. The largest absolute Gasteiger partial charge is 0.249 e. The van der Waals surface area contributed by atoms with E-state index >= 15 is 0 Å². The predicted molar refractivity (Wildman–Crippen MR) is 56.8 cm³/mol. The topological polar surface area (TPSA) is 30.7 Å². The average Bonchev–Trinajstić information content (AvgIpc) is 2.34. The zero-order valence-electron chi connectivity index (χ0n) is 8.32. The zero-order valence-corrected chi connectivity index (χ0v) is 9.14. The van der Waals surface area contributed by atoms with Gasteiger partial charge in [0, 0.05) is 13.0 Å². The third-order valence-corrected chi connectivity index (χ3v) is 1.81. The molecule has 0 unspecified atom stereocenters. The summed E-state index contributed by atoms with van der Waals surface area (Å²) in [5, 5.41) is 7.90. The van der Waals surface area contributed by atoms with Gasteiger partial charge >= 0.3 is 0 Å². The fraction of sp³-hybridized carbons (Fsp3) is 0.667. The van der Waals surface area contributed by atoms with Gasteiger partial charge in [-0.25, -0.2) is 4.68 Å². The Morgan fingerprint density at radius 1 is 1.62 bits per heavy atom. The molecule has 0 saturated carbocycles. The molecule has 0 aliphatic carbocycles. The highest BCUT2D eigenvalue weighted by Crippen LogP contribution is 2.03. The van der Waals surface area contributed by atoms with E-state index in [-0.39, 0.29) is 0 Å². The number of thiocarbonyl (C=S) groups is 1. The average molecular weight is 197 g/mol. The lowest BCUT2D eigenvalue weighted by Gasteiger charge is -2.07. The van der Waals surface area contributed by atoms with Gasteiger partial charge in [-0.2, -0.15) is 0 Å². The first kappa shape index (κ1) is 10.3. The van der Waals surface area contributed by atoms with Gasteiger partial charge in [-0.1, -0.05) is 31.3 Å². The molecule has 13 heavy (non-hydrogen) atoms. The van der Waals surface area contributed by atoms with Crippen molar-refractivity contribution >= 4 is 17.1 Å². The van der Waals surface area contributed by atoms with Crippen molar-refractivity contribution in [1.82, 2.24) is 15.0 Å². The van der Waals surface area contributed by atoms with Crippen molar-refractivity contribution in [3.8, 4) is 0 Å². The van der Waals surface area contributed by atoms with Gasteiger partial charge in [0.2, 0.25) is 0 Å². The van der Waals surface area contributed by atoms with Crippen molar-refractivity contribution < 1.29 is 0 Å². The van der Waals surface area contributed by atoms with Crippen molar-refractivity contribution in [2.75, 3.05) is 0 Å². The molecule has 0 saturated heterocycles. The first-order valence-corrected chi connectivity index (χ1v) is 4.87. The number of rotatable bonds is 4. The quantitative estimate of drug-likeness (QED) is 0.690. The Kier molecular flexibility index (Phi) is 3.54. The highest BCUT2D eigenvalue weighted by Gasteiger charge is 2.05. The molecule has 0 atom stereocenters. The highest BCUT2D eigenvalue weighted by molar-refractivity contribution is 7.80. The van der Waals surface area contributed by atoms with Crippen LogP contribution in [0.5, 0.6) is 0 Å². The fourth-order valence-electron chi connectivity index (χ4n) is 1.17. The zero-order chi connectivity index (χ0) is 9.84. The normalized spacial score (nSPS) is 10.8. The minimum absolute atomic E-state index is 0.589. The molecule has 0 N–H and O–H groups in total. The Morgan fingerprint density at radius 2 is 2.31 bits per heavy atom. The summed E-state index contributed by atoms with van der Waals surface area (Å²) in [6, 6.07) is 0. The van der Waals surface area contributed by atoms with Gasteiger partial charge in [-0.3, -0.25) is 0 Å². The van der Waals surface area contributed by atoms with Crippen LogP contribution in [-0.2, 0) is 13.0 Å². The van der Waals surface area contributed by atoms with Crippen molar-refractivity contribution in [3.63, 3.8) is 0 Å². The van der Waals surface area contributed by atoms with Crippen LogP contribution >= 0.6 is 12.2 Å². The van der Waals surface area contributed by atoms with Crippen molar-refractivity contribution in [1.29, 1.82) is 0 Å². The molecule has 0 bridgehead atoms. The van der Waals surface area contributed by atoms with Crippen LogP contribution in [0.4, 0.5) is 0 Å². The van der Waals surface area contributed by atoms with Gasteiger partial charge in [0.05, 0.1) is 11.9 Å². The van der Waals surface area contributed by atoms with Crippen molar-refractivity contribution in [2.45, 2.75) is 33.7 Å². The maximum Gasteiger partial charge on any atom is 0.0728 e. The molecule has 0 spiro atoms. The maximum absolute atomic E-state index is 5.05. The van der Waals surface area contributed by atoms with E-state index < -0.39 is 0 Å². The van der Waals surface area contributed by atoms with Crippen LogP contribution < -0.4 is 0 Å². The second kappa shape index (κ2) is 4.46. The van der Waals surface area contributed by atoms with E-state index in [0.717, 1.165) is 23.5 Å². The molecule has 1 rings (SSSR count). The summed E-state index contributed by atoms with van der Waals surface area (Å²) >= 11 is 5.05. The minimum atomic E-state index is 0.589. The standard InChI is InChI=1S/C9H15N3S/c1-7(2)6-12-9(4-8(3)13)5-10-11-12/h5,7H,4,6H2,1-3H3. The molecule has 0 fully saturated rings. The summed E-state index contributed by atoms with van der Waals surface area (Å²) in [5.41, 5.74) is 1.11. The third kappa shape index (κ3) is 3.22. The lowest BCUT2D eigenvalue weighted by molar-refractivity contribution is 0.462. The SMILES string of the molecule is CC(=S)Cc1cnnn1CC(C)C. The van der Waals surface area contributed by atoms with Gasteiger partial charge in [-0.15, -0.1) is 5.10 Å². The summed E-state index contributed by atoms with van der Waals surface area (Å²) in [6.07, 6.45) is 2.59. The van der Waals surface area contributed by atoms with Crippen LogP contribution in [0.2, 0.25) is 0 Å². The van der Waals surface area contributed by atoms with E-state index in [0.29, 0.717) is 5.92 Å². The van der Waals surface area contributed by atoms with Crippen LogP contribution in [0, 0.1) is 5.92 Å².